The molecule has 1 atom stereocenters. The van der Waals surface area contributed by atoms with E-state index in [1.807, 2.05) is 35.2 Å². The maximum Gasteiger partial charge on any atom is 0.253 e. The quantitative estimate of drug-likeness (QED) is 0.734. The lowest BCUT2D eigenvalue weighted by Gasteiger charge is -2.17. The molecule has 2 heterocycles. The first-order valence-electron chi connectivity index (χ1n) is 7.90. The molecule has 1 aliphatic rings. The van der Waals surface area contributed by atoms with Gasteiger partial charge in [-0.15, -0.1) is 0 Å². The Hall–Kier alpha value is -2.47. The van der Waals surface area contributed by atoms with Crippen LogP contribution in [-0.4, -0.2) is 39.8 Å². The summed E-state index contributed by atoms with van der Waals surface area (Å²) in [7, 11) is 1.67. The van der Waals surface area contributed by atoms with Crippen LogP contribution in [0.3, 0.4) is 0 Å². The number of likely N-dealkylation sites (tertiary alicyclic amines) is 1. The highest BCUT2D eigenvalue weighted by Gasteiger charge is 2.28. The summed E-state index contributed by atoms with van der Waals surface area (Å²) < 4.78 is 13.6. The maximum atomic E-state index is 12.8. The standard InChI is InChI=1S/C18H17N3O2S/c1-23-15-5-2-12(3-6-15)14-8-9-21(11-14)18(22)13-4-7-16-17(10-13)20-24-19-16/h2-7,10,14H,8-9,11H2,1H3/t14-/m1/s1. The summed E-state index contributed by atoms with van der Waals surface area (Å²) in [5, 5.41) is 0. The number of aromatic nitrogens is 2. The van der Waals surface area contributed by atoms with Gasteiger partial charge in [-0.2, -0.15) is 8.75 Å². The SMILES string of the molecule is COc1ccc([C@@H]2CCN(C(=O)c3ccc4nsnc4c3)C2)cc1. The smallest absolute Gasteiger partial charge is 0.253 e. The fraction of sp³-hybridized carbons (Fsp3) is 0.278. The first-order valence-corrected chi connectivity index (χ1v) is 8.63. The van der Waals surface area contributed by atoms with Gasteiger partial charge in [0.15, 0.2) is 0 Å². The molecule has 1 aliphatic heterocycles. The highest BCUT2D eigenvalue weighted by Crippen LogP contribution is 2.29. The van der Waals surface area contributed by atoms with Crippen LogP contribution in [0.5, 0.6) is 5.75 Å². The summed E-state index contributed by atoms with van der Waals surface area (Å²) in [5.74, 6) is 1.31. The van der Waals surface area contributed by atoms with Gasteiger partial charge < -0.3 is 9.64 Å². The van der Waals surface area contributed by atoms with Crippen LogP contribution in [0.1, 0.15) is 28.3 Å². The number of hydrogen-bond donors (Lipinski definition) is 0. The zero-order valence-corrected chi connectivity index (χ0v) is 14.1. The summed E-state index contributed by atoms with van der Waals surface area (Å²) in [6, 6.07) is 13.7. The van der Waals surface area contributed by atoms with Crippen molar-refractivity contribution < 1.29 is 9.53 Å². The van der Waals surface area contributed by atoms with E-state index in [-0.39, 0.29) is 5.91 Å². The Balaban J connectivity index is 1.49. The van der Waals surface area contributed by atoms with Crippen molar-refractivity contribution in [1.82, 2.24) is 13.6 Å². The van der Waals surface area contributed by atoms with E-state index in [1.165, 1.54) is 17.3 Å². The molecule has 3 aromatic rings. The number of fused-ring (bicyclic) bond motifs is 1. The molecule has 0 unspecified atom stereocenters. The molecule has 1 aromatic heterocycles. The Morgan fingerprint density at radius 2 is 1.96 bits per heavy atom. The number of amides is 1. The second-order valence-corrected chi connectivity index (χ2v) is 6.51. The predicted octanol–water partition coefficient (Wildman–Crippen LogP) is 3.33. The van der Waals surface area contributed by atoms with Gasteiger partial charge in [0.2, 0.25) is 0 Å². The van der Waals surface area contributed by atoms with Crippen molar-refractivity contribution in [2.45, 2.75) is 12.3 Å². The summed E-state index contributed by atoms with van der Waals surface area (Å²) in [6.45, 7) is 1.53. The van der Waals surface area contributed by atoms with Gasteiger partial charge in [-0.05, 0) is 42.3 Å². The molecule has 2 aromatic carbocycles. The number of ether oxygens (including phenoxy) is 1. The molecule has 0 N–H and O–H groups in total. The van der Waals surface area contributed by atoms with E-state index in [4.69, 9.17) is 4.74 Å². The fourth-order valence-corrected chi connectivity index (χ4v) is 3.71. The van der Waals surface area contributed by atoms with Crippen LogP contribution in [0.2, 0.25) is 0 Å². The molecule has 24 heavy (non-hydrogen) atoms. The summed E-state index contributed by atoms with van der Waals surface area (Å²) >= 11 is 1.17. The number of rotatable bonds is 3. The van der Waals surface area contributed by atoms with Crippen molar-refractivity contribution in [3.63, 3.8) is 0 Å². The lowest BCUT2D eigenvalue weighted by atomic mass is 9.98. The molecule has 0 radical (unpaired) electrons. The van der Waals surface area contributed by atoms with Gasteiger partial charge in [0, 0.05) is 24.6 Å². The van der Waals surface area contributed by atoms with Crippen molar-refractivity contribution in [1.29, 1.82) is 0 Å². The van der Waals surface area contributed by atoms with E-state index in [0.717, 1.165) is 36.3 Å². The topological polar surface area (TPSA) is 55.3 Å². The van der Waals surface area contributed by atoms with Crippen LogP contribution in [0.25, 0.3) is 11.0 Å². The fourth-order valence-electron chi connectivity index (χ4n) is 3.19. The third-order valence-electron chi connectivity index (χ3n) is 4.56. The molecule has 1 saturated heterocycles. The van der Waals surface area contributed by atoms with E-state index < -0.39 is 0 Å². The first kappa shape index (κ1) is 15.1. The van der Waals surface area contributed by atoms with Crippen LogP contribution in [0, 0.1) is 0 Å². The van der Waals surface area contributed by atoms with E-state index in [9.17, 15) is 4.79 Å². The van der Waals surface area contributed by atoms with Crippen LogP contribution in [-0.2, 0) is 0 Å². The van der Waals surface area contributed by atoms with Gasteiger partial charge in [0.25, 0.3) is 5.91 Å². The highest BCUT2D eigenvalue weighted by atomic mass is 32.1. The van der Waals surface area contributed by atoms with Crippen LogP contribution >= 0.6 is 11.7 Å². The lowest BCUT2D eigenvalue weighted by Crippen LogP contribution is -2.28. The predicted molar refractivity (Wildman–Crippen MR) is 93.7 cm³/mol. The normalized spacial score (nSPS) is 17.4. The minimum Gasteiger partial charge on any atom is -0.497 e. The number of hydrogen-bond acceptors (Lipinski definition) is 5. The third-order valence-corrected chi connectivity index (χ3v) is 5.12. The molecular formula is C18H17N3O2S. The molecule has 0 saturated carbocycles. The molecule has 0 aliphatic carbocycles. The lowest BCUT2D eigenvalue weighted by molar-refractivity contribution is 0.0791. The number of methoxy groups -OCH3 is 1. The average Bonchev–Trinajstić information content (AvgIpc) is 3.30. The van der Waals surface area contributed by atoms with Crippen molar-refractivity contribution in [2.75, 3.05) is 20.2 Å². The van der Waals surface area contributed by atoms with Crippen molar-refractivity contribution in [3.05, 3.63) is 53.6 Å². The number of nitrogens with zero attached hydrogens (tertiary/aromatic N) is 3. The van der Waals surface area contributed by atoms with E-state index in [2.05, 4.69) is 20.9 Å². The summed E-state index contributed by atoms with van der Waals surface area (Å²) in [5.41, 5.74) is 3.57. The molecule has 0 spiro atoms. The third kappa shape index (κ3) is 2.73. The molecule has 122 valence electrons. The Morgan fingerprint density at radius 3 is 2.75 bits per heavy atom. The Bertz CT molecular complexity index is 875. The van der Waals surface area contributed by atoms with E-state index >= 15 is 0 Å². The van der Waals surface area contributed by atoms with Gasteiger partial charge >= 0.3 is 0 Å². The van der Waals surface area contributed by atoms with Gasteiger partial charge in [0.05, 0.1) is 18.8 Å². The molecule has 5 nitrogen and oxygen atoms in total. The van der Waals surface area contributed by atoms with Crippen LogP contribution in [0.15, 0.2) is 42.5 Å². The zero-order chi connectivity index (χ0) is 16.5. The molecule has 1 fully saturated rings. The first-order chi connectivity index (χ1) is 11.7. The minimum atomic E-state index is 0.0703. The van der Waals surface area contributed by atoms with E-state index in [1.54, 1.807) is 7.11 Å². The van der Waals surface area contributed by atoms with Gasteiger partial charge in [-0.25, -0.2) is 0 Å². The molecule has 6 heteroatoms. The van der Waals surface area contributed by atoms with Gasteiger partial charge in [0.1, 0.15) is 16.8 Å². The Morgan fingerprint density at radius 1 is 1.17 bits per heavy atom. The number of carbonyl (C=O) groups is 1. The second kappa shape index (κ2) is 6.20. The monoisotopic (exact) mass is 339 g/mol. The van der Waals surface area contributed by atoms with Crippen molar-refractivity contribution in [2.24, 2.45) is 0 Å². The van der Waals surface area contributed by atoms with Gasteiger partial charge in [-0.3, -0.25) is 4.79 Å². The zero-order valence-electron chi connectivity index (χ0n) is 13.3. The number of benzene rings is 2. The summed E-state index contributed by atoms with van der Waals surface area (Å²) in [4.78, 5) is 14.7. The Kier molecular flexibility index (Phi) is 3.90. The molecular weight excluding hydrogens is 322 g/mol. The van der Waals surface area contributed by atoms with Crippen molar-refractivity contribution in [3.8, 4) is 5.75 Å². The van der Waals surface area contributed by atoms with Crippen LogP contribution < -0.4 is 4.74 Å². The molecule has 4 rings (SSSR count). The number of carbonyl (C=O) groups excluding carboxylic acids is 1. The molecule has 1 amide bonds. The van der Waals surface area contributed by atoms with Gasteiger partial charge in [-0.1, -0.05) is 12.1 Å². The van der Waals surface area contributed by atoms with Crippen molar-refractivity contribution >= 4 is 28.7 Å². The van der Waals surface area contributed by atoms with Crippen LogP contribution in [0.4, 0.5) is 0 Å². The summed E-state index contributed by atoms with van der Waals surface area (Å²) in [6.07, 6.45) is 0.985. The minimum absolute atomic E-state index is 0.0703. The Labute approximate surface area is 144 Å². The second-order valence-electron chi connectivity index (χ2n) is 5.98. The largest absolute Gasteiger partial charge is 0.497 e. The molecule has 0 bridgehead atoms. The highest BCUT2D eigenvalue weighted by molar-refractivity contribution is 7.00. The maximum absolute atomic E-state index is 12.8. The average molecular weight is 339 g/mol. The van der Waals surface area contributed by atoms with E-state index in [0.29, 0.717) is 11.5 Å².